The molecule has 0 saturated carbocycles. The lowest BCUT2D eigenvalue weighted by Crippen LogP contribution is -1.88. The molecule has 0 aliphatic carbocycles. The molecular formula is C21H16O3S. The van der Waals surface area contributed by atoms with Crippen LogP contribution in [0.1, 0.15) is 0 Å². The molecule has 0 amide bonds. The fourth-order valence-corrected chi connectivity index (χ4v) is 3.02. The summed E-state index contributed by atoms with van der Waals surface area (Å²) in [6, 6.07) is 26.1. The minimum Gasteiger partial charge on any atom is -0.455 e. The molecule has 3 nitrogen and oxygen atoms in total. The maximum atomic E-state index is 6.18. The van der Waals surface area contributed by atoms with Crippen molar-refractivity contribution in [3.05, 3.63) is 78.9 Å². The predicted molar refractivity (Wildman–Crippen MR) is 102 cm³/mol. The molecule has 3 aromatic carbocycles. The average Bonchev–Trinajstić information content (AvgIpc) is 3.07. The molecule has 4 rings (SSSR count). The van der Waals surface area contributed by atoms with Gasteiger partial charge in [0.05, 0.1) is 0 Å². The Bertz CT molecular complexity index is 975. The molecule has 25 heavy (non-hydrogen) atoms. The van der Waals surface area contributed by atoms with E-state index in [0.717, 1.165) is 45.5 Å². The molecular weight excluding hydrogens is 332 g/mol. The Morgan fingerprint density at radius 1 is 0.760 bits per heavy atom. The predicted octanol–water partition coefficient (Wildman–Crippen LogP) is 6.36. The monoisotopic (exact) mass is 348 g/mol. The molecule has 4 aromatic rings. The molecule has 0 unspecified atom stereocenters. The quantitative estimate of drug-likeness (QED) is 0.239. The topological polar surface area (TPSA) is 31.6 Å². The second-order valence-corrected chi connectivity index (χ2v) is 5.98. The van der Waals surface area contributed by atoms with E-state index >= 15 is 0 Å². The first-order chi connectivity index (χ1) is 12.4. The van der Waals surface area contributed by atoms with Crippen molar-refractivity contribution < 1.29 is 13.6 Å². The Balaban J connectivity index is 1.84. The highest BCUT2D eigenvalue weighted by atomic mass is 32.2. The van der Waals surface area contributed by atoms with Crippen LogP contribution in [0.15, 0.2) is 83.3 Å². The van der Waals surface area contributed by atoms with E-state index in [1.54, 1.807) is 6.26 Å². The number of benzene rings is 3. The van der Waals surface area contributed by atoms with Gasteiger partial charge in [0.1, 0.15) is 11.3 Å². The Morgan fingerprint density at radius 2 is 1.48 bits per heavy atom. The summed E-state index contributed by atoms with van der Waals surface area (Å²) in [7, 11) is 0. The zero-order valence-electron chi connectivity index (χ0n) is 13.6. The van der Waals surface area contributed by atoms with E-state index in [0.29, 0.717) is 5.75 Å². The Labute approximate surface area is 150 Å². The maximum Gasteiger partial charge on any atom is 0.166 e. The van der Waals surface area contributed by atoms with E-state index < -0.39 is 0 Å². The first kappa shape index (κ1) is 15.8. The fourth-order valence-electron chi connectivity index (χ4n) is 2.88. The van der Waals surface area contributed by atoms with Crippen LogP contribution in [-0.2, 0) is 4.33 Å². The Hall–Kier alpha value is -2.69. The Morgan fingerprint density at radius 3 is 2.24 bits per heavy atom. The van der Waals surface area contributed by atoms with Crippen LogP contribution in [-0.4, -0.2) is 6.26 Å². The van der Waals surface area contributed by atoms with Gasteiger partial charge in [-0.2, -0.15) is 0 Å². The van der Waals surface area contributed by atoms with Crippen molar-refractivity contribution in [1.82, 2.24) is 0 Å². The van der Waals surface area contributed by atoms with Crippen LogP contribution in [0, 0.1) is 0 Å². The van der Waals surface area contributed by atoms with Crippen molar-refractivity contribution in [2.24, 2.45) is 0 Å². The van der Waals surface area contributed by atoms with Crippen molar-refractivity contribution in [3.8, 4) is 28.2 Å². The first-order valence-corrected chi connectivity index (χ1v) is 9.06. The van der Waals surface area contributed by atoms with Crippen molar-refractivity contribution >= 4 is 23.0 Å². The van der Waals surface area contributed by atoms with Crippen molar-refractivity contribution in [2.45, 2.75) is 0 Å². The van der Waals surface area contributed by atoms with Crippen LogP contribution in [0.25, 0.3) is 33.4 Å². The molecule has 124 valence electrons. The second-order valence-electron chi connectivity index (χ2n) is 5.51. The zero-order valence-corrected chi connectivity index (χ0v) is 14.5. The molecule has 0 radical (unpaired) electrons. The molecule has 0 atom stereocenters. The van der Waals surface area contributed by atoms with Crippen molar-refractivity contribution in [1.29, 1.82) is 0 Å². The third-order valence-electron chi connectivity index (χ3n) is 3.97. The van der Waals surface area contributed by atoms with E-state index in [9.17, 15) is 0 Å². The lowest BCUT2D eigenvalue weighted by molar-refractivity contribution is -0.0770. The molecule has 1 aromatic heterocycles. The summed E-state index contributed by atoms with van der Waals surface area (Å²) in [5.74, 6) is 1.50. The normalized spacial score (nSPS) is 10.9. The number of rotatable bonds is 5. The highest BCUT2D eigenvalue weighted by Gasteiger charge is 2.17. The summed E-state index contributed by atoms with van der Waals surface area (Å²) in [5, 5.41) is 1.11. The summed E-state index contributed by atoms with van der Waals surface area (Å²) >= 11 is 1.16. The molecule has 0 fully saturated rings. The minimum atomic E-state index is 0.649. The van der Waals surface area contributed by atoms with Crippen LogP contribution in [0.5, 0.6) is 5.75 Å². The molecule has 0 spiro atoms. The molecule has 0 saturated heterocycles. The van der Waals surface area contributed by atoms with Gasteiger partial charge in [0.2, 0.25) is 0 Å². The number of hydrogen-bond donors (Lipinski definition) is 0. The summed E-state index contributed by atoms with van der Waals surface area (Å²) in [6.07, 6.45) is 1.80. The van der Waals surface area contributed by atoms with Gasteiger partial charge in [-0.05, 0) is 35.9 Å². The average molecular weight is 348 g/mol. The summed E-state index contributed by atoms with van der Waals surface area (Å²) in [4.78, 5) is 5.15. The summed E-state index contributed by atoms with van der Waals surface area (Å²) in [5.41, 5.74) is 4.10. The number of hydrogen-bond acceptors (Lipinski definition) is 4. The molecule has 1 heterocycles. The van der Waals surface area contributed by atoms with Crippen LogP contribution < -0.4 is 4.89 Å². The smallest absolute Gasteiger partial charge is 0.166 e. The third-order valence-corrected chi connectivity index (χ3v) is 4.18. The largest absolute Gasteiger partial charge is 0.455 e. The van der Waals surface area contributed by atoms with Crippen LogP contribution in [0.4, 0.5) is 0 Å². The van der Waals surface area contributed by atoms with Gasteiger partial charge < -0.3 is 9.30 Å². The summed E-state index contributed by atoms with van der Waals surface area (Å²) < 4.78 is 11.1. The van der Waals surface area contributed by atoms with Crippen molar-refractivity contribution in [3.63, 3.8) is 0 Å². The van der Waals surface area contributed by atoms with E-state index in [1.165, 1.54) is 0 Å². The highest BCUT2D eigenvalue weighted by molar-refractivity contribution is 7.93. The van der Waals surface area contributed by atoms with Gasteiger partial charge >= 0.3 is 0 Å². The second kappa shape index (κ2) is 7.05. The number of fused-ring (bicyclic) bond motifs is 1. The standard InChI is InChI=1S/C21H16O3S/c1-25-24-23-17-13-11-16(12-14-17)21-20(15-7-3-2-4-8-15)18-9-5-6-10-19(18)22-21/h2-14H,1H3. The summed E-state index contributed by atoms with van der Waals surface area (Å²) in [6.45, 7) is 0. The van der Waals surface area contributed by atoms with Gasteiger partial charge in [-0.1, -0.05) is 48.5 Å². The van der Waals surface area contributed by atoms with Gasteiger partial charge in [-0.3, -0.25) is 0 Å². The third kappa shape index (κ3) is 3.14. The molecule has 0 N–H and O–H groups in total. The van der Waals surface area contributed by atoms with E-state index in [-0.39, 0.29) is 0 Å². The SMILES string of the molecule is CSOOc1ccc(-c2oc3ccccc3c2-c2ccccc2)cc1. The molecule has 4 heteroatoms. The Kier molecular flexibility index (Phi) is 4.46. The van der Waals surface area contributed by atoms with E-state index in [1.807, 2.05) is 60.7 Å². The number of furan rings is 1. The zero-order chi connectivity index (χ0) is 17.1. The van der Waals surface area contributed by atoms with E-state index in [2.05, 4.69) is 18.2 Å². The number of para-hydroxylation sites is 1. The first-order valence-electron chi connectivity index (χ1n) is 7.91. The fraction of sp³-hybridized carbons (Fsp3) is 0.0476. The van der Waals surface area contributed by atoms with Crippen LogP contribution in [0.3, 0.4) is 0 Å². The van der Waals surface area contributed by atoms with Crippen molar-refractivity contribution in [2.75, 3.05) is 6.26 Å². The highest BCUT2D eigenvalue weighted by Crippen LogP contribution is 2.40. The lowest BCUT2D eigenvalue weighted by Gasteiger charge is -2.05. The lowest BCUT2D eigenvalue weighted by atomic mass is 9.99. The molecule has 0 aliphatic heterocycles. The van der Waals surface area contributed by atoms with Gasteiger partial charge in [0, 0.05) is 34.8 Å². The van der Waals surface area contributed by atoms with Crippen LogP contribution in [0.2, 0.25) is 0 Å². The molecule has 0 bridgehead atoms. The van der Waals surface area contributed by atoms with Gasteiger partial charge in [-0.15, -0.1) is 4.33 Å². The van der Waals surface area contributed by atoms with Gasteiger partial charge in [-0.25, -0.2) is 0 Å². The van der Waals surface area contributed by atoms with E-state index in [4.69, 9.17) is 13.6 Å². The van der Waals surface area contributed by atoms with Gasteiger partial charge in [0.25, 0.3) is 0 Å². The maximum absolute atomic E-state index is 6.18. The van der Waals surface area contributed by atoms with Crippen LogP contribution >= 0.6 is 12.0 Å². The van der Waals surface area contributed by atoms with Gasteiger partial charge in [0.15, 0.2) is 5.75 Å². The minimum absolute atomic E-state index is 0.649. The molecule has 0 aliphatic rings.